The number of nitrogens with one attached hydrogen (secondary N) is 2. The molecule has 6 rings (SSSR count). The SMILES string of the molecule is O=C1CCc2cnc(Nc3ccc(N4CCNCC4)cc3)nc2N1C1CCC(C2CCCCC2)CC1. The van der Waals surface area contributed by atoms with E-state index in [9.17, 15) is 4.79 Å². The van der Waals surface area contributed by atoms with Gasteiger partial charge in [-0.25, -0.2) is 4.98 Å². The summed E-state index contributed by atoms with van der Waals surface area (Å²) < 4.78 is 0. The van der Waals surface area contributed by atoms with Crippen molar-refractivity contribution in [3.8, 4) is 0 Å². The summed E-state index contributed by atoms with van der Waals surface area (Å²) in [7, 11) is 0. The second-order valence-electron chi connectivity index (χ2n) is 11.2. The van der Waals surface area contributed by atoms with E-state index in [-0.39, 0.29) is 11.9 Å². The lowest BCUT2D eigenvalue weighted by Gasteiger charge is -2.41. The van der Waals surface area contributed by atoms with Crippen molar-refractivity contribution in [2.45, 2.75) is 76.7 Å². The Morgan fingerprint density at radius 2 is 1.58 bits per heavy atom. The van der Waals surface area contributed by atoms with Crippen molar-refractivity contribution in [1.82, 2.24) is 15.3 Å². The second-order valence-corrected chi connectivity index (χ2v) is 11.2. The number of carbonyl (C=O) groups excluding carboxylic acids is 1. The van der Waals surface area contributed by atoms with Crippen LogP contribution in [0.5, 0.6) is 0 Å². The van der Waals surface area contributed by atoms with Crippen molar-refractivity contribution in [2.75, 3.05) is 41.3 Å². The molecule has 2 aliphatic carbocycles. The number of hydrogen-bond donors (Lipinski definition) is 2. The fraction of sp³-hybridized carbons (Fsp3) is 0.621. The predicted molar refractivity (Wildman–Crippen MR) is 145 cm³/mol. The number of benzene rings is 1. The van der Waals surface area contributed by atoms with Gasteiger partial charge in [0.1, 0.15) is 5.82 Å². The number of aryl methyl sites for hydroxylation is 1. The van der Waals surface area contributed by atoms with Gasteiger partial charge < -0.3 is 15.5 Å². The molecule has 3 heterocycles. The van der Waals surface area contributed by atoms with E-state index in [0.29, 0.717) is 12.4 Å². The highest BCUT2D eigenvalue weighted by atomic mass is 16.2. The largest absolute Gasteiger partial charge is 0.369 e. The molecule has 2 saturated carbocycles. The third kappa shape index (κ3) is 5.08. The molecular formula is C29H40N6O. The Bertz CT molecular complexity index is 1040. The maximum Gasteiger partial charge on any atom is 0.229 e. The Kier molecular flexibility index (Phi) is 7.08. The number of carbonyl (C=O) groups is 1. The van der Waals surface area contributed by atoms with Gasteiger partial charge in [-0.3, -0.25) is 9.69 Å². The monoisotopic (exact) mass is 488 g/mol. The Labute approximate surface area is 215 Å². The van der Waals surface area contributed by atoms with Gasteiger partial charge in [0.25, 0.3) is 0 Å². The van der Waals surface area contributed by atoms with Crippen LogP contribution in [0.25, 0.3) is 0 Å². The highest BCUT2D eigenvalue weighted by molar-refractivity contribution is 5.96. The first kappa shape index (κ1) is 23.7. The Hall–Kier alpha value is -2.67. The van der Waals surface area contributed by atoms with Gasteiger partial charge in [-0.15, -0.1) is 0 Å². The van der Waals surface area contributed by atoms with Crippen LogP contribution >= 0.6 is 0 Å². The third-order valence-corrected chi connectivity index (χ3v) is 8.98. The molecule has 2 N–H and O–H groups in total. The molecule has 0 spiro atoms. The molecule has 192 valence electrons. The van der Waals surface area contributed by atoms with Crippen molar-refractivity contribution in [1.29, 1.82) is 0 Å². The van der Waals surface area contributed by atoms with Crippen molar-refractivity contribution >= 4 is 29.0 Å². The van der Waals surface area contributed by atoms with E-state index in [2.05, 4.69) is 44.8 Å². The van der Waals surface area contributed by atoms with Gasteiger partial charge >= 0.3 is 0 Å². The normalized spacial score (nSPS) is 25.5. The Morgan fingerprint density at radius 1 is 0.861 bits per heavy atom. The van der Waals surface area contributed by atoms with Crippen LogP contribution in [0, 0.1) is 11.8 Å². The molecule has 0 radical (unpaired) electrons. The van der Waals surface area contributed by atoms with E-state index >= 15 is 0 Å². The molecule has 2 aliphatic heterocycles. The van der Waals surface area contributed by atoms with Crippen molar-refractivity contribution in [2.24, 2.45) is 11.8 Å². The second kappa shape index (κ2) is 10.8. The van der Waals surface area contributed by atoms with Crippen LogP contribution in [0.3, 0.4) is 0 Å². The molecule has 0 unspecified atom stereocenters. The molecule has 7 heteroatoms. The average Bonchev–Trinajstić information content (AvgIpc) is 2.94. The van der Waals surface area contributed by atoms with E-state index in [1.165, 1.54) is 50.6 Å². The van der Waals surface area contributed by atoms with Gasteiger partial charge in [-0.2, -0.15) is 4.98 Å². The quantitative estimate of drug-likeness (QED) is 0.614. The number of nitrogens with zero attached hydrogens (tertiary/aromatic N) is 4. The Morgan fingerprint density at radius 3 is 2.33 bits per heavy atom. The van der Waals surface area contributed by atoms with Gasteiger partial charge in [0.2, 0.25) is 11.9 Å². The summed E-state index contributed by atoms with van der Waals surface area (Å²) >= 11 is 0. The number of aromatic nitrogens is 2. The summed E-state index contributed by atoms with van der Waals surface area (Å²) in [5, 5.41) is 6.78. The summed E-state index contributed by atoms with van der Waals surface area (Å²) in [5.41, 5.74) is 3.31. The van der Waals surface area contributed by atoms with Crippen LogP contribution in [-0.4, -0.2) is 48.1 Å². The number of piperazine rings is 1. The number of rotatable bonds is 5. The molecule has 0 atom stereocenters. The first-order chi connectivity index (χ1) is 17.7. The van der Waals surface area contributed by atoms with Gasteiger partial charge in [-0.05, 0) is 68.2 Å². The number of hydrogen-bond acceptors (Lipinski definition) is 6. The predicted octanol–water partition coefficient (Wildman–Crippen LogP) is 5.05. The molecule has 1 aromatic carbocycles. The zero-order valence-corrected chi connectivity index (χ0v) is 21.4. The van der Waals surface area contributed by atoms with Gasteiger partial charge in [0.05, 0.1) is 0 Å². The lowest BCUT2D eigenvalue weighted by molar-refractivity contribution is -0.119. The fourth-order valence-corrected chi connectivity index (χ4v) is 6.94. The van der Waals surface area contributed by atoms with Crippen LogP contribution in [0.2, 0.25) is 0 Å². The van der Waals surface area contributed by atoms with Crippen molar-refractivity contribution in [3.05, 3.63) is 36.0 Å². The number of anilines is 4. The molecule has 3 fully saturated rings. The van der Waals surface area contributed by atoms with E-state index in [4.69, 9.17) is 4.98 Å². The van der Waals surface area contributed by atoms with Gasteiger partial charge in [0, 0.05) is 61.8 Å². The van der Waals surface area contributed by atoms with E-state index in [1.54, 1.807) is 0 Å². The summed E-state index contributed by atoms with van der Waals surface area (Å²) in [4.78, 5) is 27.1. The molecule has 1 amide bonds. The number of fused-ring (bicyclic) bond motifs is 1. The van der Waals surface area contributed by atoms with Gasteiger partial charge in [-0.1, -0.05) is 32.1 Å². The molecule has 36 heavy (non-hydrogen) atoms. The van der Waals surface area contributed by atoms with Crippen LogP contribution in [-0.2, 0) is 11.2 Å². The fourth-order valence-electron chi connectivity index (χ4n) is 6.94. The molecule has 1 aromatic heterocycles. The third-order valence-electron chi connectivity index (χ3n) is 8.98. The van der Waals surface area contributed by atoms with E-state index in [0.717, 1.165) is 74.3 Å². The lowest BCUT2D eigenvalue weighted by Crippen LogP contribution is -2.46. The molecule has 4 aliphatic rings. The average molecular weight is 489 g/mol. The van der Waals surface area contributed by atoms with Crippen LogP contribution in [0.1, 0.15) is 69.8 Å². The molecule has 1 saturated heterocycles. The van der Waals surface area contributed by atoms with Crippen molar-refractivity contribution < 1.29 is 4.79 Å². The smallest absolute Gasteiger partial charge is 0.229 e. The highest BCUT2D eigenvalue weighted by Gasteiger charge is 2.36. The van der Waals surface area contributed by atoms with E-state index < -0.39 is 0 Å². The first-order valence-corrected chi connectivity index (χ1v) is 14.3. The number of amides is 1. The minimum atomic E-state index is 0.230. The standard InChI is InChI=1S/C29H40N6O/c36-27-15-8-23-20-31-29(32-24-9-13-25(14-10-24)34-18-16-30-17-19-34)33-28(23)35(27)26-11-6-22(7-12-26)21-4-2-1-3-5-21/h9-10,13-14,20-22,26,30H,1-8,11-12,15-19H2,(H,31,32,33). The molecule has 0 bridgehead atoms. The minimum absolute atomic E-state index is 0.230. The lowest BCUT2D eigenvalue weighted by atomic mass is 9.72. The zero-order chi connectivity index (χ0) is 24.3. The topological polar surface area (TPSA) is 73.4 Å². The summed E-state index contributed by atoms with van der Waals surface area (Å²) in [6, 6.07) is 8.78. The zero-order valence-electron chi connectivity index (χ0n) is 21.4. The summed E-state index contributed by atoms with van der Waals surface area (Å²) in [5.74, 6) is 3.41. The maximum atomic E-state index is 13.1. The molecule has 2 aromatic rings. The van der Waals surface area contributed by atoms with Crippen LogP contribution in [0.4, 0.5) is 23.1 Å². The molecule has 7 nitrogen and oxygen atoms in total. The van der Waals surface area contributed by atoms with Crippen molar-refractivity contribution in [3.63, 3.8) is 0 Å². The summed E-state index contributed by atoms with van der Waals surface area (Å²) in [6.45, 7) is 4.13. The molecular weight excluding hydrogens is 448 g/mol. The maximum absolute atomic E-state index is 13.1. The van der Waals surface area contributed by atoms with Crippen LogP contribution in [0.15, 0.2) is 30.5 Å². The minimum Gasteiger partial charge on any atom is -0.369 e. The van der Waals surface area contributed by atoms with Gasteiger partial charge in [0.15, 0.2) is 0 Å². The highest BCUT2D eigenvalue weighted by Crippen LogP contribution is 2.41. The van der Waals surface area contributed by atoms with E-state index in [1.807, 2.05) is 11.1 Å². The summed E-state index contributed by atoms with van der Waals surface area (Å²) in [6.07, 6.45) is 15.0. The Balaban J connectivity index is 1.14. The first-order valence-electron chi connectivity index (χ1n) is 14.3. The van der Waals surface area contributed by atoms with Crippen LogP contribution < -0.4 is 20.4 Å².